The molecule has 3 aromatic rings. The Balaban J connectivity index is 1.42. The standard InChI is InChI=1S/C23H30N6OS/c1-16-14-29(15-17(2)30-16)22-21(25-19-6-4-5-7-20(19)26-22)28-11-9-27(10-12-28)18(3)23-24-8-13-31-23/h4-8,13,16-18H,9-12,14-15H2,1-3H3. The smallest absolute Gasteiger partial charge is 0.172 e. The van der Waals surface area contributed by atoms with Gasteiger partial charge in [-0.3, -0.25) is 4.90 Å². The number of anilines is 2. The molecular formula is C23H30N6OS. The van der Waals surface area contributed by atoms with E-state index in [9.17, 15) is 0 Å². The third-order valence-electron chi connectivity index (χ3n) is 6.22. The summed E-state index contributed by atoms with van der Waals surface area (Å²) in [6, 6.07) is 8.53. The van der Waals surface area contributed by atoms with Crippen LogP contribution in [-0.2, 0) is 4.74 Å². The van der Waals surface area contributed by atoms with Crippen molar-refractivity contribution < 1.29 is 4.74 Å². The number of rotatable bonds is 4. The summed E-state index contributed by atoms with van der Waals surface area (Å²) in [7, 11) is 0. The largest absolute Gasteiger partial charge is 0.372 e. The van der Waals surface area contributed by atoms with E-state index in [1.807, 2.05) is 18.3 Å². The van der Waals surface area contributed by atoms with Crippen molar-refractivity contribution in [2.75, 3.05) is 49.1 Å². The first-order chi connectivity index (χ1) is 15.1. The molecule has 0 amide bonds. The summed E-state index contributed by atoms with van der Waals surface area (Å²) in [5, 5.41) is 3.25. The summed E-state index contributed by atoms with van der Waals surface area (Å²) < 4.78 is 5.97. The maximum absolute atomic E-state index is 5.97. The lowest BCUT2D eigenvalue weighted by Crippen LogP contribution is -2.49. The first-order valence-electron chi connectivity index (χ1n) is 11.1. The number of piperazine rings is 1. The van der Waals surface area contributed by atoms with Gasteiger partial charge in [0, 0.05) is 50.8 Å². The van der Waals surface area contributed by atoms with Gasteiger partial charge in [0.05, 0.1) is 29.3 Å². The second-order valence-corrected chi connectivity index (χ2v) is 9.52. The Labute approximate surface area is 187 Å². The molecule has 8 heteroatoms. The Bertz CT molecular complexity index is 1010. The highest BCUT2D eigenvalue weighted by atomic mass is 32.1. The predicted octanol–water partition coefficient (Wildman–Crippen LogP) is 3.58. The molecule has 0 N–H and O–H groups in total. The Kier molecular flexibility index (Phi) is 5.77. The Morgan fingerprint density at radius 2 is 1.55 bits per heavy atom. The van der Waals surface area contributed by atoms with Crippen molar-refractivity contribution >= 4 is 34.0 Å². The monoisotopic (exact) mass is 438 g/mol. The maximum atomic E-state index is 5.97. The van der Waals surface area contributed by atoms with Crippen LogP contribution in [0.5, 0.6) is 0 Å². The Morgan fingerprint density at radius 1 is 0.935 bits per heavy atom. The van der Waals surface area contributed by atoms with Crippen molar-refractivity contribution in [1.82, 2.24) is 19.9 Å². The summed E-state index contributed by atoms with van der Waals surface area (Å²) >= 11 is 1.74. The Morgan fingerprint density at radius 3 is 2.13 bits per heavy atom. The molecular weight excluding hydrogens is 408 g/mol. The number of hydrogen-bond acceptors (Lipinski definition) is 8. The molecule has 7 nitrogen and oxygen atoms in total. The number of ether oxygens (including phenoxy) is 1. The average molecular weight is 439 g/mol. The number of benzene rings is 1. The second kappa shape index (κ2) is 8.68. The normalized spacial score (nSPS) is 24.0. The highest BCUT2D eigenvalue weighted by Gasteiger charge is 2.30. The second-order valence-electron chi connectivity index (χ2n) is 8.59. The molecule has 2 aromatic heterocycles. The van der Waals surface area contributed by atoms with Crippen LogP contribution in [0, 0.1) is 0 Å². The summed E-state index contributed by atoms with van der Waals surface area (Å²) in [5.41, 5.74) is 1.90. The first-order valence-corrected chi connectivity index (χ1v) is 12.0. The summed E-state index contributed by atoms with van der Waals surface area (Å²) in [6.45, 7) is 12.1. The van der Waals surface area contributed by atoms with Gasteiger partial charge in [-0.1, -0.05) is 12.1 Å². The molecule has 0 bridgehead atoms. The van der Waals surface area contributed by atoms with Crippen molar-refractivity contribution in [1.29, 1.82) is 0 Å². The van der Waals surface area contributed by atoms with E-state index in [-0.39, 0.29) is 12.2 Å². The molecule has 0 radical (unpaired) electrons. The number of hydrogen-bond donors (Lipinski definition) is 0. The van der Waals surface area contributed by atoms with Crippen LogP contribution in [0.15, 0.2) is 35.8 Å². The molecule has 1 aromatic carbocycles. The van der Waals surface area contributed by atoms with Gasteiger partial charge in [-0.25, -0.2) is 15.0 Å². The van der Waals surface area contributed by atoms with Crippen LogP contribution in [0.4, 0.5) is 11.6 Å². The number of nitrogens with zero attached hydrogens (tertiary/aromatic N) is 6. The molecule has 0 spiro atoms. The fraction of sp³-hybridized carbons (Fsp3) is 0.522. The molecule has 2 aliphatic heterocycles. The zero-order valence-corrected chi connectivity index (χ0v) is 19.3. The molecule has 5 rings (SSSR count). The fourth-order valence-corrected chi connectivity index (χ4v) is 5.40. The number of aromatic nitrogens is 3. The topological polar surface area (TPSA) is 57.6 Å². The van der Waals surface area contributed by atoms with Crippen molar-refractivity contribution in [2.45, 2.75) is 39.0 Å². The van der Waals surface area contributed by atoms with E-state index in [4.69, 9.17) is 14.7 Å². The van der Waals surface area contributed by atoms with E-state index < -0.39 is 0 Å². The lowest BCUT2D eigenvalue weighted by molar-refractivity contribution is -0.00543. The number of thiazole rings is 1. The number of para-hydroxylation sites is 2. The zero-order valence-electron chi connectivity index (χ0n) is 18.4. The van der Waals surface area contributed by atoms with Crippen molar-refractivity contribution in [3.63, 3.8) is 0 Å². The highest BCUT2D eigenvalue weighted by molar-refractivity contribution is 7.09. The summed E-state index contributed by atoms with van der Waals surface area (Å²) in [6.07, 6.45) is 2.26. The first kappa shape index (κ1) is 20.6. The molecule has 164 valence electrons. The number of fused-ring (bicyclic) bond motifs is 1. The molecule has 0 saturated carbocycles. The summed E-state index contributed by atoms with van der Waals surface area (Å²) in [4.78, 5) is 22.0. The minimum atomic E-state index is 0.181. The maximum Gasteiger partial charge on any atom is 0.172 e. The van der Waals surface area contributed by atoms with Crippen LogP contribution in [-0.4, -0.2) is 71.3 Å². The lowest BCUT2D eigenvalue weighted by Gasteiger charge is -2.41. The fourth-order valence-electron chi connectivity index (χ4n) is 4.67. The van der Waals surface area contributed by atoms with E-state index >= 15 is 0 Å². The van der Waals surface area contributed by atoms with Gasteiger partial charge in [0.15, 0.2) is 11.6 Å². The Hall–Kier alpha value is -2.29. The van der Waals surface area contributed by atoms with Gasteiger partial charge in [0.2, 0.25) is 0 Å². The van der Waals surface area contributed by atoms with Crippen LogP contribution >= 0.6 is 11.3 Å². The lowest BCUT2D eigenvalue weighted by atomic mass is 10.2. The van der Waals surface area contributed by atoms with Crippen molar-refractivity contribution in [2.24, 2.45) is 0 Å². The SMILES string of the molecule is CC1CN(c2nc3ccccc3nc2N2CCN(C(C)c3nccs3)CC2)CC(C)O1. The van der Waals surface area contributed by atoms with Crippen molar-refractivity contribution in [3.05, 3.63) is 40.8 Å². The average Bonchev–Trinajstić information content (AvgIpc) is 3.32. The van der Waals surface area contributed by atoms with E-state index in [2.05, 4.69) is 58.0 Å². The highest BCUT2D eigenvalue weighted by Crippen LogP contribution is 2.32. The van der Waals surface area contributed by atoms with Gasteiger partial charge in [-0.05, 0) is 32.9 Å². The summed E-state index contributed by atoms with van der Waals surface area (Å²) in [5.74, 6) is 1.99. The van der Waals surface area contributed by atoms with E-state index in [0.29, 0.717) is 6.04 Å². The van der Waals surface area contributed by atoms with Gasteiger partial charge in [0.25, 0.3) is 0 Å². The minimum Gasteiger partial charge on any atom is -0.372 e. The third kappa shape index (κ3) is 4.24. The molecule has 2 fully saturated rings. The minimum absolute atomic E-state index is 0.181. The molecule has 3 atom stereocenters. The molecule has 2 saturated heterocycles. The van der Waals surface area contributed by atoms with Gasteiger partial charge in [-0.2, -0.15) is 0 Å². The van der Waals surface area contributed by atoms with Gasteiger partial charge >= 0.3 is 0 Å². The van der Waals surface area contributed by atoms with Crippen LogP contribution in [0.2, 0.25) is 0 Å². The van der Waals surface area contributed by atoms with Crippen LogP contribution < -0.4 is 9.80 Å². The van der Waals surface area contributed by atoms with Crippen LogP contribution in [0.25, 0.3) is 11.0 Å². The quantitative estimate of drug-likeness (QED) is 0.617. The zero-order chi connectivity index (χ0) is 21.4. The van der Waals surface area contributed by atoms with E-state index in [0.717, 1.165) is 61.9 Å². The molecule has 2 aliphatic rings. The van der Waals surface area contributed by atoms with Crippen LogP contribution in [0.3, 0.4) is 0 Å². The molecule has 4 heterocycles. The van der Waals surface area contributed by atoms with E-state index in [1.165, 1.54) is 5.01 Å². The van der Waals surface area contributed by atoms with Crippen LogP contribution in [0.1, 0.15) is 31.8 Å². The van der Waals surface area contributed by atoms with E-state index in [1.54, 1.807) is 11.3 Å². The molecule has 3 unspecified atom stereocenters. The molecule has 31 heavy (non-hydrogen) atoms. The van der Waals surface area contributed by atoms with Crippen molar-refractivity contribution in [3.8, 4) is 0 Å². The van der Waals surface area contributed by atoms with Gasteiger partial charge in [-0.15, -0.1) is 11.3 Å². The molecule has 0 aliphatic carbocycles. The van der Waals surface area contributed by atoms with Gasteiger partial charge < -0.3 is 14.5 Å². The van der Waals surface area contributed by atoms with Gasteiger partial charge in [0.1, 0.15) is 5.01 Å². The third-order valence-corrected chi connectivity index (χ3v) is 7.17. The predicted molar refractivity (Wildman–Crippen MR) is 126 cm³/mol. The number of morpholine rings is 1.